The van der Waals surface area contributed by atoms with Gasteiger partial charge in [0.15, 0.2) is 0 Å². The van der Waals surface area contributed by atoms with Crippen LogP contribution >= 0.6 is 0 Å². The number of aliphatic hydroxyl groups is 1. The van der Waals surface area contributed by atoms with Crippen molar-refractivity contribution in [3.8, 4) is 0 Å². The molecule has 2 heteroatoms. The molecule has 2 aromatic rings. The maximum atomic E-state index is 9.01. The lowest BCUT2D eigenvalue weighted by Crippen LogP contribution is -1.95. The van der Waals surface area contributed by atoms with E-state index in [-0.39, 0.29) is 12.5 Å². The monoisotopic (exact) mass is 190 g/mol. The van der Waals surface area contributed by atoms with Crippen LogP contribution in [0.4, 0.5) is 0 Å². The zero-order chi connectivity index (χ0) is 10.1. The molecule has 0 amide bonds. The SMILES string of the molecule is Cc1ccc2oc([C@H](C)CO)cc2c1. The Bertz CT molecular complexity index is 443. The maximum absolute atomic E-state index is 9.01. The van der Waals surface area contributed by atoms with E-state index in [0.29, 0.717) is 0 Å². The molecule has 2 nitrogen and oxygen atoms in total. The number of aryl methyl sites for hydroxylation is 1. The quantitative estimate of drug-likeness (QED) is 0.790. The number of aliphatic hydroxyl groups excluding tert-OH is 1. The van der Waals surface area contributed by atoms with Gasteiger partial charge in [-0.05, 0) is 25.1 Å². The molecule has 0 bridgehead atoms. The number of benzene rings is 1. The summed E-state index contributed by atoms with van der Waals surface area (Å²) in [7, 11) is 0. The topological polar surface area (TPSA) is 33.4 Å². The van der Waals surface area contributed by atoms with Gasteiger partial charge in [0.1, 0.15) is 11.3 Å². The third kappa shape index (κ3) is 1.53. The highest BCUT2D eigenvalue weighted by Crippen LogP contribution is 2.25. The van der Waals surface area contributed by atoms with Gasteiger partial charge < -0.3 is 9.52 Å². The molecule has 1 N–H and O–H groups in total. The van der Waals surface area contributed by atoms with Gasteiger partial charge in [0.25, 0.3) is 0 Å². The highest BCUT2D eigenvalue weighted by molar-refractivity contribution is 5.78. The van der Waals surface area contributed by atoms with Crippen molar-refractivity contribution in [2.75, 3.05) is 6.61 Å². The first-order chi connectivity index (χ1) is 6.70. The van der Waals surface area contributed by atoms with E-state index in [9.17, 15) is 0 Å². The van der Waals surface area contributed by atoms with E-state index in [1.54, 1.807) is 0 Å². The minimum absolute atomic E-state index is 0.0720. The Balaban J connectivity index is 2.51. The van der Waals surface area contributed by atoms with Crippen molar-refractivity contribution in [1.82, 2.24) is 0 Å². The fourth-order valence-corrected chi connectivity index (χ4v) is 1.52. The molecule has 0 aliphatic carbocycles. The predicted molar refractivity (Wildman–Crippen MR) is 56.5 cm³/mol. The fraction of sp³-hybridized carbons (Fsp3) is 0.333. The third-order valence-electron chi connectivity index (χ3n) is 2.45. The van der Waals surface area contributed by atoms with Crippen LogP contribution in [0.3, 0.4) is 0 Å². The summed E-state index contributed by atoms with van der Waals surface area (Å²) in [6, 6.07) is 8.09. The van der Waals surface area contributed by atoms with Crippen LogP contribution < -0.4 is 0 Å². The van der Waals surface area contributed by atoms with Crippen molar-refractivity contribution >= 4 is 11.0 Å². The molecule has 0 saturated heterocycles. The molecule has 1 aromatic carbocycles. The molecule has 0 saturated carbocycles. The Morgan fingerprint density at radius 1 is 1.36 bits per heavy atom. The van der Waals surface area contributed by atoms with Crippen LogP contribution in [0.1, 0.15) is 24.2 Å². The van der Waals surface area contributed by atoms with E-state index in [1.165, 1.54) is 5.56 Å². The smallest absolute Gasteiger partial charge is 0.134 e. The lowest BCUT2D eigenvalue weighted by molar-refractivity contribution is 0.259. The minimum Gasteiger partial charge on any atom is -0.461 e. The van der Waals surface area contributed by atoms with Crippen molar-refractivity contribution in [3.63, 3.8) is 0 Å². The number of rotatable bonds is 2. The van der Waals surface area contributed by atoms with Crippen molar-refractivity contribution in [2.45, 2.75) is 19.8 Å². The summed E-state index contributed by atoms with van der Waals surface area (Å²) in [5.41, 5.74) is 2.12. The highest BCUT2D eigenvalue weighted by Gasteiger charge is 2.09. The predicted octanol–water partition coefficient (Wildman–Crippen LogP) is 2.84. The Hall–Kier alpha value is -1.28. The summed E-state index contributed by atoms with van der Waals surface area (Å²) in [6.45, 7) is 4.13. The lowest BCUT2D eigenvalue weighted by Gasteiger charge is -2.00. The number of hydrogen-bond acceptors (Lipinski definition) is 2. The second-order valence-corrected chi connectivity index (χ2v) is 3.77. The average Bonchev–Trinajstić information content (AvgIpc) is 2.59. The van der Waals surface area contributed by atoms with Crippen LogP contribution in [0, 0.1) is 6.92 Å². The van der Waals surface area contributed by atoms with Gasteiger partial charge in [-0.25, -0.2) is 0 Å². The average molecular weight is 190 g/mol. The van der Waals surface area contributed by atoms with Gasteiger partial charge >= 0.3 is 0 Å². The molecule has 1 atom stereocenters. The summed E-state index contributed by atoms with van der Waals surface area (Å²) in [4.78, 5) is 0. The van der Waals surface area contributed by atoms with Crippen LogP contribution in [-0.2, 0) is 0 Å². The molecule has 0 aliphatic rings. The Labute approximate surface area is 83.2 Å². The molecule has 14 heavy (non-hydrogen) atoms. The van der Waals surface area contributed by atoms with Crippen LogP contribution in [0.5, 0.6) is 0 Å². The molecular formula is C12H14O2. The standard InChI is InChI=1S/C12H14O2/c1-8-3-4-11-10(5-8)6-12(14-11)9(2)7-13/h3-6,9,13H,7H2,1-2H3/t9-/m1/s1. The van der Waals surface area contributed by atoms with E-state index in [0.717, 1.165) is 16.7 Å². The van der Waals surface area contributed by atoms with Crippen LogP contribution in [0.25, 0.3) is 11.0 Å². The second-order valence-electron chi connectivity index (χ2n) is 3.77. The summed E-state index contributed by atoms with van der Waals surface area (Å²) in [6.07, 6.45) is 0. The van der Waals surface area contributed by atoms with Crippen LogP contribution in [0.15, 0.2) is 28.7 Å². The largest absolute Gasteiger partial charge is 0.461 e. The second kappa shape index (κ2) is 3.46. The first kappa shape index (κ1) is 9.28. The first-order valence-corrected chi connectivity index (χ1v) is 4.81. The van der Waals surface area contributed by atoms with Gasteiger partial charge in [-0.3, -0.25) is 0 Å². The van der Waals surface area contributed by atoms with Crippen molar-refractivity contribution in [1.29, 1.82) is 0 Å². The third-order valence-corrected chi connectivity index (χ3v) is 2.45. The highest BCUT2D eigenvalue weighted by atomic mass is 16.3. The van der Waals surface area contributed by atoms with Gasteiger partial charge in [0, 0.05) is 11.3 Å². The Morgan fingerprint density at radius 2 is 2.14 bits per heavy atom. The normalized spacial score (nSPS) is 13.4. The Kier molecular flexibility index (Phi) is 2.30. The van der Waals surface area contributed by atoms with Crippen molar-refractivity contribution in [3.05, 3.63) is 35.6 Å². The maximum Gasteiger partial charge on any atom is 0.134 e. The molecule has 0 spiro atoms. The summed E-state index contributed by atoms with van der Waals surface area (Å²) >= 11 is 0. The number of fused-ring (bicyclic) bond motifs is 1. The van der Waals surface area contributed by atoms with Gasteiger partial charge in [-0.15, -0.1) is 0 Å². The molecule has 0 radical (unpaired) electrons. The zero-order valence-electron chi connectivity index (χ0n) is 8.45. The van der Waals surface area contributed by atoms with Crippen molar-refractivity contribution in [2.24, 2.45) is 0 Å². The van der Waals surface area contributed by atoms with Gasteiger partial charge in [0.2, 0.25) is 0 Å². The van der Waals surface area contributed by atoms with Gasteiger partial charge in [-0.2, -0.15) is 0 Å². The number of furan rings is 1. The molecule has 2 rings (SSSR count). The van der Waals surface area contributed by atoms with Gasteiger partial charge in [-0.1, -0.05) is 18.6 Å². The van der Waals surface area contributed by atoms with E-state index in [2.05, 4.69) is 13.0 Å². The van der Waals surface area contributed by atoms with E-state index >= 15 is 0 Å². The molecule has 0 aliphatic heterocycles. The summed E-state index contributed by atoms with van der Waals surface area (Å²) in [5.74, 6) is 0.927. The lowest BCUT2D eigenvalue weighted by atomic mass is 10.1. The van der Waals surface area contributed by atoms with Crippen molar-refractivity contribution < 1.29 is 9.52 Å². The molecular weight excluding hydrogens is 176 g/mol. The minimum atomic E-state index is 0.0720. The Morgan fingerprint density at radius 3 is 2.86 bits per heavy atom. The summed E-state index contributed by atoms with van der Waals surface area (Å²) in [5, 5.41) is 10.1. The zero-order valence-corrected chi connectivity index (χ0v) is 8.45. The van der Waals surface area contributed by atoms with Crippen LogP contribution in [0.2, 0.25) is 0 Å². The molecule has 0 fully saturated rings. The molecule has 74 valence electrons. The van der Waals surface area contributed by atoms with E-state index in [4.69, 9.17) is 9.52 Å². The summed E-state index contributed by atoms with van der Waals surface area (Å²) < 4.78 is 5.62. The fourth-order valence-electron chi connectivity index (χ4n) is 1.52. The van der Waals surface area contributed by atoms with E-state index in [1.807, 2.05) is 25.1 Å². The first-order valence-electron chi connectivity index (χ1n) is 4.81. The number of hydrogen-bond donors (Lipinski definition) is 1. The molecule has 1 heterocycles. The van der Waals surface area contributed by atoms with Crippen LogP contribution in [-0.4, -0.2) is 11.7 Å². The van der Waals surface area contributed by atoms with Gasteiger partial charge in [0.05, 0.1) is 6.61 Å². The molecule has 0 unspecified atom stereocenters. The van der Waals surface area contributed by atoms with E-state index < -0.39 is 0 Å². The molecule has 1 aromatic heterocycles.